The van der Waals surface area contributed by atoms with Gasteiger partial charge in [-0.05, 0) is 54.7 Å². The number of carbonyl (C=O) groups is 2. The van der Waals surface area contributed by atoms with Crippen LogP contribution in [0.3, 0.4) is 0 Å². The lowest BCUT2D eigenvalue weighted by Crippen LogP contribution is -2.46. The van der Waals surface area contributed by atoms with E-state index in [1.165, 1.54) is 0 Å². The quantitative estimate of drug-likeness (QED) is 0.460. The molecule has 182 valence electrons. The molecule has 0 saturated heterocycles. The minimum atomic E-state index is -0.929. The predicted molar refractivity (Wildman–Crippen MR) is 135 cm³/mol. The molecule has 0 saturated carbocycles. The Morgan fingerprint density at radius 2 is 1.46 bits per heavy atom. The van der Waals surface area contributed by atoms with Crippen molar-refractivity contribution in [2.24, 2.45) is 0 Å². The number of carbonyl (C=O) groups excluding carboxylic acids is 2. The van der Waals surface area contributed by atoms with Crippen molar-refractivity contribution in [1.29, 1.82) is 0 Å². The number of para-hydroxylation sites is 1. The number of methoxy groups -OCH3 is 1. The highest BCUT2D eigenvalue weighted by Gasteiger charge is 2.31. The minimum absolute atomic E-state index is 0.0673. The van der Waals surface area contributed by atoms with Crippen LogP contribution < -0.4 is 10.1 Å². The van der Waals surface area contributed by atoms with Crippen LogP contribution in [0.15, 0.2) is 72.8 Å². The van der Waals surface area contributed by atoms with Crippen LogP contribution in [0.1, 0.15) is 43.4 Å². The van der Waals surface area contributed by atoms with Gasteiger partial charge in [-0.15, -0.1) is 0 Å². The topological polar surface area (TPSA) is 73.9 Å². The maximum Gasteiger partial charge on any atom is 0.407 e. The number of benzene rings is 3. The predicted octanol–water partition coefficient (Wildman–Crippen LogP) is 5.49. The molecular weight excluding hydrogens is 442 g/mol. The number of ether oxygens (including phenoxy) is 3. The van der Waals surface area contributed by atoms with Crippen LogP contribution in [0.4, 0.5) is 4.79 Å². The Labute approximate surface area is 206 Å². The van der Waals surface area contributed by atoms with Gasteiger partial charge in [-0.25, -0.2) is 9.59 Å². The molecule has 0 radical (unpaired) electrons. The molecule has 1 aliphatic carbocycles. The van der Waals surface area contributed by atoms with Gasteiger partial charge in [0.1, 0.15) is 24.0 Å². The fraction of sp³-hybridized carbons (Fsp3) is 0.310. The van der Waals surface area contributed by atoms with E-state index in [2.05, 4.69) is 29.6 Å². The van der Waals surface area contributed by atoms with Gasteiger partial charge < -0.3 is 19.5 Å². The number of alkyl carbamates (subject to hydrolysis) is 1. The van der Waals surface area contributed by atoms with Crippen LogP contribution in [-0.4, -0.2) is 37.4 Å². The van der Waals surface area contributed by atoms with Gasteiger partial charge in [-0.1, -0.05) is 66.7 Å². The smallest absolute Gasteiger partial charge is 0.407 e. The molecule has 0 heterocycles. The summed E-state index contributed by atoms with van der Waals surface area (Å²) >= 11 is 0. The lowest BCUT2D eigenvalue weighted by Gasteiger charge is -2.25. The van der Waals surface area contributed by atoms with Crippen molar-refractivity contribution in [1.82, 2.24) is 5.32 Å². The lowest BCUT2D eigenvalue weighted by atomic mass is 9.98. The molecule has 4 rings (SSSR count). The van der Waals surface area contributed by atoms with Gasteiger partial charge in [0.25, 0.3) is 0 Å². The Balaban J connectivity index is 1.49. The molecule has 0 spiro atoms. The van der Waals surface area contributed by atoms with E-state index in [0.29, 0.717) is 5.75 Å². The van der Waals surface area contributed by atoms with Gasteiger partial charge in [-0.3, -0.25) is 0 Å². The zero-order chi connectivity index (χ0) is 25.0. The standard InChI is InChI=1S/C29H31NO5/c1-29(2,3)35-27(31)25(17-19-11-5-10-16-26(19)33-4)30-28(32)34-18-24-22-14-8-6-12-20(22)21-13-7-9-15-23(21)24/h5-16,24-25H,17-18H2,1-4H3,(H,30,32)/t25-/m0/s1. The number of esters is 1. The molecule has 1 N–H and O–H groups in total. The summed E-state index contributed by atoms with van der Waals surface area (Å²) in [5.74, 6) is 0.0367. The second kappa shape index (κ2) is 10.2. The molecule has 35 heavy (non-hydrogen) atoms. The summed E-state index contributed by atoms with van der Waals surface area (Å²) in [6.45, 7) is 5.53. The van der Waals surface area contributed by atoms with Crippen LogP contribution in [0.2, 0.25) is 0 Å². The number of hydrogen-bond acceptors (Lipinski definition) is 5. The fourth-order valence-corrected chi connectivity index (χ4v) is 4.44. The number of hydrogen-bond donors (Lipinski definition) is 1. The van der Waals surface area contributed by atoms with Crippen molar-refractivity contribution in [3.05, 3.63) is 89.5 Å². The van der Waals surface area contributed by atoms with E-state index in [0.717, 1.165) is 27.8 Å². The van der Waals surface area contributed by atoms with Crippen LogP contribution in [-0.2, 0) is 20.7 Å². The number of rotatable bonds is 7. The first kappa shape index (κ1) is 24.3. The largest absolute Gasteiger partial charge is 0.496 e. The highest BCUT2D eigenvalue weighted by Crippen LogP contribution is 2.44. The first-order chi connectivity index (χ1) is 16.8. The second-order valence-corrected chi connectivity index (χ2v) is 9.57. The van der Waals surface area contributed by atoms with Gasteiger partial charge in [0.15, 0.2) is 0 Å². The number of amides is 1. The highest BCUT2D eigenvalue weighted by molar-refractivity contribution is 5.82. The zero-order valence-electron chi connectivity index (χ0n) is 20.5. The Hall–Kier alpha value is -3.80. The Kier molecular flexibility index (Phi) is 7.10. The SMILES string of the molecule is COc1ccccc1C[C@H](NC(=O)OCC1c2ccccc2-c2ccccc21)C(=O)OC(C)(C)C. The Bertz CT molecular complexity index is 1170. The normalized spacial score (nSPS) is 13.4. The second-order valence-electron chi connectivity index (χ2n) is 9.57. The third-order valence-corrected chi connectivity index (χ3v) is 5.94. The van der Waals surface area contributed by atoms with Crippen LogP contribution >= 0.6 is 0 Å². The van der Waals surface area contributed by atoms with E-state index < -0.39 is 23.7 Å². The molecule has 0 fully saturated rings. The first-order valence-corrected chi connectivity index (χ1v) is 11.7. The van der Waals surface area contributed by atoms with E-state index in [1.54, 1.807) is 27.9 Å². The molecule has 1 atom stereocenters. The maximum absolute atomic E-state index is 13.0. The highest BCUT2D eigenvalue weighted by atomic mass is 16.6. The van der Waals surface area contributed by atoms with E-state index in [9.17, 15) is 9.59 Å². The summed E-state index contributed by atoms with van der Waals surface area (Å²) in [5, 5.41) is 2.72. The molecule has 1 aliphatic rings. The van der Waals surface area contributed by atoms with Crippen LogP contribution in [0.25, 0.3) is 11.1 Å². The molecule has 3 aromatic rings. The van der Waals surface area contributed by atoms with Crippen molar-refractivity contribution >= 4 is 12.1 Å². The number of fused-ring (bicyclic) bond motifs is 3. The molecule has 6 heteroatoms. The maximum atomic E-state index is 13.0. The molecule has 3 aromatic carbocycles. The summed E-state index contributed by atoms with van der Waals surface area (Å²) < 4.78 is 16.6. The van der Waals surface area contributed by atoms with Gasteiger partial charge >= 0.3 is 12.1 Å². The summed E-state index contributed by atoms with van der Waals surface area (Å²) in [5.41, 5.74) is 4.64. The van der Waals surface area contributed by atoms with Crippen molar-refractivity contribution in [2.45, 2.75) is 44.8 Å². The third kappa shape index (κ3) is 5.65. The molecule has 0 unspecified atom stereocenters. The minimum Gasteiger partial charge on any atom is -0.496 e. The average Bonchev–Trinajstić information content (AvgIpc) is 3.15. The van der Waals surface area contributed by atoms with Crippen molar-refractivity contribution in [3.63, 3.8) is 0 Å². The summed E-state index contributed by atoms with van der Waals surface area (Å²) in [4.78, 5) is 25.8. The van der Waals surface area contributed by atoms with Gasteiger partial charge in [0.05, 0.1) is 7.11 Å². The first-order valence-electron chi connectivity index (χ1n) is 11.7. The van der Waals surface area contributed by atoms with E-state index in [4.69, 9.17) is 14.2 Å². The number of nitrogens with one attached hydrogen (secondary N) is 1. The molecule has 1 amide bonds. The van der Waals surface area contributed by atoms with E-state index >= 15 is 0 Å². The average molecular weight is 474 g/mol. The summed E-state index contributed by atoms with van der Waals surface area (Å²) in [6.07, 6.45) is -0.457. The van der Waals surface area contributed by atoms with Gasteiger partial charge in [0, 0.05) is 12.3 Å². The Morgan fingerprint density at radius 1 is 0.886 bits per heavy atom. The molecule has 6 nitrogen and oxygen atoms in total. The van der Waals surface area contributed by atoms with Crippen LogP contribution in [0.5, 0.6) is 5.75 Å². The Morgan fingerprint density at radius 3 is 2.06 bits per heavy atom. The van der Waals surface area contributed by atoms with E-state index in [1.807, 2.05) is 48.5 Å². The summed E-state index contributed by atoms with van der Waals surface area (Å²) in [7, 11) is 1.57. The van der Waals surface area contributed by atoms with Crippen LogP contribution in [0, 0.1) is 0 Å². The van der Waals surface area contributed by atoms with E-state index in [-0.39, 0.29) is 18.9 Å². The fourth-order valence-electron chi connectivity index (χ4n) is 4.44. The lowest BCUT2D eigenvalue weighted by molar-refractivity contribution is -0.157. The molecular formula is C29H31NO5. The molecule has 0 bridgehead atoms. The van der Waals surface area contributed by atoms with Crippen molar-refractivity contribution < 1.29 is 23.8 Å². The van der Waals surface area contributed by atoms with Gasteiger partial charge in [-0.2, -0.15) is 0 Å². The zero-order valence-corrected chi connectivity index (χ0v) is 20.5. The van der Waals surface area contributed by atoms with Crippen molar-refractivity contribution in [3.8, 4) is 16.9 Å². The van der Waals surface area contributed by atoms with Crippen molar-refractivity contribution in [2.75, 3.05) is 13.7 Å². The third-order valence-electron chi connectivity index (χ3n) is 5.94. The molecule has 0 aromatic heterocycles. The monoisotopic (exact) mass is 473 g/mol. The molecule has 0 aliphatic heterocycles. The summed E-state index contributed by atoms with van der Waals surface area (Å²) in [6, 6.07) is 22.7. The van der Waals surface area contributed by atoms with Gasteiger partial charge in [0.2, 0.25) is 0 Å².